The molecule has 9 heteroatoms. The number of carbonyl (C=O) groups is 2. The Morgan fingerprint density at radius 1 is 1.42 bits per heavy atom. The summed E-state index contributed by atoms with van der Waals surface area (Å²) in [6.07, 6.45) is 4.26. The summed E-state index contributed by atoms with van der Waals surface area (Å²) >= 11 is 1.19. The second kappa shape index (κ2) is 8.25. The maximum atomic E-state index is 11.9. The fourth-order valence-corrected chi connectivity index (χ4v) is 2.71. The normalized spacial score (nSPS) is 11.6. The number of amides is 2. The van der Waals surface area contributed by atoms with E-state index in [0.717, 1.165) is 5.56 Å². The first-order chi connectivity index (χ1) is 11.6. The van der Waals surface area contributed by atoms with E-state index in [0.29, 0.717) is 17.5 Å². The van der Waals surface area contributed by atoms with Gasteiger partial charge in [0.25, 0.3) is 0 Å². The van der Waals surface area contributed by atoms with Gasteiger partial charge in [-0.1, -0.05) is 17.8 Å². The molecule has 0 spiro atoms. The van der Waals surface area contributed by atoms with E-state index in [1.807, 2.05) is 16.7 Å². The zero-order valence-corrected chi connectivity index (χ0v) is 14.1. The van der Waals surface area contributed by atoms with Gasteiger partial charge in [-0.3, -0.25) is 19.7 Å². The van der Waals surface area contributed by atoms with E-state index in [2.05, 4.69) is 31.8 Å². The van der Waals surface area contributed by atoms with Crippen LogP contribution in [-0.2, 0) is 16.1 Å². The summed E-state index contributed by atoms with van der Waals surface area (Å²) in [5.41, 5.74) is 0.859. The molecule has 0 saturated heterocycles. The number of aromatic nitrogens is 4. The zero-order chi connectivity index (χ0) is 17.5. The standard InChI is InChI=1S/C15H17N5O3S/c1-4-9-20-12(11-5-7-16-8-6-11)18-19-14(20)24-10(2)13(21)17-15(22)23-3/h4-8,10H,1,9H2,2-3H3,(H,17,21,22)/t10-/m1/s1. The number of pyridine rings is 1. The third-order valence-electron chi connectivity index (χ3n) is 3.03. The summed E-state index contributed by atoms with van der Waals surface area (Å²) in [6, 6.07) is 3.65. The van der Waals surface area contributed by atoms with Crippen molar-refractivity contribution in [1.82, 2.24) is 25.1 Å². The molecule has 2 rings (SSSR count). The topological polar surface area (TPSA) is 99.0 Å². The minimum Gasteiger partial charge on any atom is -0.453 e. The van der Waals surface area contributed by atoms with Crippen LogP contribution in [0.4, 0.5) is 4.79 Å². The van der Waals surface area contributed by atoms with Crippen molar-refractivity contribution in [3.8, 4) is 11.4 Å². The van der Waals surface area contributed by atoms with E-state index in [1.54, 1.807) is 25.4 Å². The first-order valence-corrected chi connectivity index (χ1v) is 7.94. The van der Waals surface area contributed by atoms with Crippen molar-refractivity contribution in [3.05, 3.63) is 37.2 Å². The largest absolute Gasteiger partial charge is 0.453 e. The van der Waals surface area contributed by atoms with Crippen molar-refractivity contribution < 1.29 is 14.3 Å². The molecule has 0 bridgehead atoms. The number of rotatable bonds is 6. The van der Waals surface area contributed by atoms with Gasteiger partial charge in [0.05, 0.1) is 12.4 Å². The van der Waals surface area contributed by atoms with Gasteiger partial charge in [-0.2, -0.15) is 0 Å². The Bertz CT molecular complexity index is 732. The highest BCUT2D eigenvalue weighted by molar-refractivity contribution is 8.00. The second-order valence-corrected chi connectivity index (χ2v) is 5.99. The van der Waals surface area contributed by atoms with E-state index in [1.165, 1.54) is 18.9 Å². The smallest absolute Gasteiger partial charge is 0.413 e. The molecule has 0 saturated carbocycles. The van der Waals surface area contributed by atoms with E-state index >= 15 is 0 Å². The molecule has 0 aromatic carbocycles. The molecule has 2 heterocycles. The molecule has 126 valence electrons. The number of carbonyl (C=O) groups excluding carboxylic acids is 2. The zero-order valence-electron chi connectivity index (χ0n) is 13.3. The lowest BCUT2D eigenvalue weighted by Crippen LogP contribution is -2.36. The molecular weight excluding hydrogens is 330 g/mol. The van der Waals surface area contributed by atoms with E-state index in [4.69, 9.17) is 0 Å². The number of hydrogen-bond acceptors (Lipinski definition) is 7. The van der Waals surface area contributed by atoms with Gasteiger partial charge in [0.15, 0.2) is 11.0 Å². The van der Waals surface area contributed by atoms with E-state index in [9.17, 15) is 9.59 Å². The summed E-state index contributed by atoms with van der Waals surface area (Å²) in [7, 11) is 1.20. The Hall–Kier alpha value is -2.68. The van der Waals surface area contributed by atoms with Crippen molar-refractivity contribution in [1.29, 1.82) is 0 Å². The molecule has 1 N–H and O–H groups in total. The van der Waals surface area contributed by atoms with Gasteiger partial charge in [0.2, 0.25) is 5.91 Å². The van der Waals surface area contributed by atoms with Crippen LogP contribution in [0.1, 0.15) is 6.92 Å². The Morgan fingerprint density at radius 3 is 2.75 bits per heavy atom. The number of allylic oxidation sites excluding steroid dienone is 1. The molecular formula is C15H17N5O3S. The highest BCUT2D eigenvalue weighted by atomic mass is 32.2. The number of nitrogens with one attached hydrogen (secondary N) is 1. The van der Waals surface area contributed by atoms with Crippen LogP contribution in [0.5, 0.6) is 0 Å². The number of methoxy groups -OCH3 is 1. The first kappa shape index (κ1) is 17.7. The van der Waals surface area contributed by atoms with E-state index < -0.39 is 17.3 Å². The molecule has 0 unspecified atom stereocenters. The highest BCUT2D eigenvalue weighted by Gasteiger charge is 2.21. The molecule has 2 amide bonds. The van der Waals surface area contributed by atoms with Crippen LogP contribution < -0.4 is 5.32 Å². The molecule has 0 aliphatic carbocycles. The van der Waals surface area contributed by atoms with Gasteiger partial charge in [-0.05, 0) is 19.1 Å². The summed E-state index contributed by atoms with van der Waals surface area (Å²) in [6.45, 7) is 5.89. The van der Waals surface area contributed by atoms with Gasteiger partial charge < -0.3 is 4.74 Å². The van der Waals surface area contributed by atoms with Crippen LogP contribution in [0.3, 0.4) is 0 Å². The lowest BCUT2D eigenvalue weighted by molar-refractivity contribution is -0.119. The number of imide groups is 1. The Labute approximate surface area is 143 Å². The lowest BCUT2D eigenvalue weighted by atomic mass is 10.2. The minimum atomic E-state index is -0.794. The number of thioether (sulfide) groups is 1. The number of hydrogen-bond donors (Lipinski definition) is 1. The number of alkyl carbamates (subject to hydrolysis) is 1. The van der Waals surface area contributed by atoms with Crippen molar-refractivity contribution >= 4 is 23.8 Å². The third kappa shape index (κ3) is 4.19. The van der Waals surface area contributed by atoms with Crippen LogP contribution in [-0.4, -0.2) is 44.1 Å². The quantitative estimate of drug-likeness (QED) is 0.629. The fourth-order valence-electron chi connectivity index (χ4n) is 1.85. The minimum absolute atomic E-state index is 0.467. The lowest BCUT2D eigenvalue weighted by Gasteiger charge is -2.11. The average molecular weight is 347 g/mol. The Morgan fingerprint density at radius 2 is 2.12 bits per heavy atom. The van der Waals surface area contributed by atoms with Gasteiger partial charge >= 0.3 is 6.09 Å². The van der Waals surface area contributed by atoms with Crippen LogP contribution in [0.2, 0.25) is 0 Å². The van der Waals surface area contributed by atoms with Gasteiger partial charge in [-0.15, -0.1) is 16.8 Å². The van der Waals surface area contributed by atoms with Crippen molar-refractivity contribution in [2.24, 2.45) is 0 Å². The molecule has 0 radical (unpaired) electrons. The Balaban J connectivity index is 2.21. The molecule has 8 nitrogen and oxygen atoms in total. The number of ether oxygens (including phenoxy) is 1. The Kier molecular flexibility index (Phi) is 6.07. The van der Waals surface area contributed by atoms with Crippen molar-refractivity contribution in [2.45, 2.75) is 23.9 Å². The van der Waals surface area contributed by atoms with Crippen LogP contribution in [0.15, 0.2) is 42.3 Å². The summed E-state index contributed by atoms with van der Waals surface area (Å²) < 4.78 is 6.26. The molecule has 24 heavy (non-hydrogen) atoms. The first-order valence-electron chi connectivity index (χ1n) is 7.06. The average Bonchev–Trinajstić information content (AvgIpc) is 2.98. The predicted octanol–water partition coefficient (Wildman–Crippen LogP) is 1.89. The molecule has 0 fully saturated rings. The predicted molar refractivity (Wildman–Crippen MR) is 89.3 cm³/mol. The maximum absolute atomic E-state index is 11.9. The maximum Gasteiger partial charge on any atom is 0.413 e. The van der Waals surface area contributed by atoms with Crippen LogP contribution in [0.25, 0.3) is 11.4 Å². The van der Waals surface area contributed by atoms with Crippen LogP contribution >= 0.6 is 11.8 Å². The third-order valence-corrected chi connectivity index (χ3v) is 4.11. The number of nitrogens with zero attached hydrogens (tertiary/aromatic N) is 4. The molecule has 0 aliphatic heterocycles. The van der Waals surface area contributed by atoms with Crippen molar-refractivity contribution in [2.75, 3.05) is 7.11 Å². The van der Waals surface area contributed by atoms with Gasteiger partial charge in [0.1, 0.15) is 0 Å². The monoisotopic (exact) mass is 347 g/mol. The molecule has 2 aromatic rings. The fraction of sp³-hybridized carbons (Fsp3) is 0.267. The summed E-state index contributed by atoms with van der Waals surface area (Å²) in [5, 5.41) is 10.5. The molecule has 0 aliphatic rings. The van der Waals surface area contributed by atoms with Gasteiger partial charge in [-0.25, -0.2) is 4.79 Å². The van der Waals surface area contributed by atoms with E-state index in [-0.39, 0.29) is 0 Å². The second-order valence-electron chi connectivity index (χ2n) is 4.68. The SMILES string of the molecule is C=CCn1c(S[C@H](C)C(=O)NC(=O)OC)nnc1-c1ccncc1. The molecule has 2 aromatic heterocycles. The summed E-state index contributed by atoms with van der Waals surface area (Å²) in [5.74, 6) is 0.186. The van der Waals surface area contributed by atoms with Crippen LogP contribution in [0, 0.1) is 0 Å². The van der Waals surface area contributed by atoms with Crippen molar-refractivity contribution in [3.63, 3.8) is 0 Å². The molecule has 1 atom stereocenters. The van der Waals surface area contributed by atoms with Gasteiger partial charge in [0, 0.05) is 24.5 Å². The highest BCUT2D eigenvalue weighted by Crippen LogP contribution is 2.26. The summed E-state index contributed by atoms with van der Waals surface area (Å²) in [4.78, 5) is 27.0.